The van der Waals surface area contributed by atoms with Gasteiger partial charge in [-0.2, -0.15) is 0 Å². The van der Waals surface area contributed by atoms with Gasteiger partial charge >= 0.3 is 11.9 Å². The molecule has 0 amide bonds. The number of hydrogen-bond acceptors (Lipinski definition) is 7. The van der Waals surface area contributed by atoms with Gasteiger partial charge in [-0.1, -0.05) is 18.2 Å². The van der Waals surface area contributed by atoms with Gasteiger partial charge < -0.3 is 23.7 Å². The molecule has 0 aliphatic carbocycles. The second kappa shape index (κ2) is 9.31. The van der Waals surface area contributed by atoms with E-state index in [-0.39, 0.29) is 24.5 Å². The molecule has 0 aliphatic rings. The molecule has 0 aliphatic heterocycles. The van der Waals surface area contributed by atoms with Gasteiger partial charge in [0.25, 0.3) is 0 Å². The Labute approximate surface area is 151 Å². The number of ether oxygens (including phenoxy) is 5. The van der Waals surface area contributed by atoms with E-state index in [0.717, 1.165) is 5.56 Å². The first-order valence-electron chi connectivity index (χ1n) is 7.75. The number of benzene rings is 2. The van der Waals surface area contributed by atoms with Gasteiger partial charge in [-0.05, 0) is 24.3 Å². The lowest BCUT2D eigenvalue weighted by Gasteiger charge is -2.12. The predicted molar refractivity (Wildman–Crippen MR) is 92.6 cm³/mol. The van der Waals surface area contributed by atoms with Crippen LogP contribution in [0, 0.1) is 0 Å². The second-order valence-electron chi connectivity index (χ2n) is 5.12. The van der Waals surface area contributed by atoms with Gasteiger partial charge in [0.05, 0.1) is 26.9 Å². The van der Waals surface area contributed by atoms with Crippen LogP contribution in [0.4, 0.5) is 0 Å². The molecule has 0 radical (unpaired) electrons. The third-order valence-electron chi connectivity index (χ3n) is 3.52. The Bertz CT molecular complexity index is 770. The van der Waals surface area contributed by atoms with Gasteiger partial charge in [0.15, 0.2) is 18.1 Å². The fraction of sp³-hybridized carbons (Fsp3) is 0.263. The largest absolute Gasteiger partial charge is 0.496 e. The number of esters is 2. The Balaban J connectivity index is 2.09. The van der Waals surface area contributed by atoms with Crippen molar-refractivity contribution >= 4 is 11.9 Å². The van der Waals surface area contributed by atoms with E-state index < -0.39 is 11.9 Å². The molecule has 0 atom stereocenters. The molecule has 7 nitrogen and oxygen atoms in total. The molecule has 0 heterocycles. The third-order valence-corrected chi connectivity index (χ3v) is 3.52. The van der Waals surface area contributed by atoms with Crippen LogP contribution in [0.5, 0.6) is 17.2 Å². The predicted octanol–water partition coefficient (Wildman–Crippen LogP) is 2.61. The van der Waals surface area contributed by atoms with Crippen LogP contribution in [0.1, 0.15) is 15.9 Å². The summed E-state index contributed by atoms with van der Waals surface area (Å²) in [6, 6.07) is 11.8. The van der Waals surface area contributed by atoms with Crippen molar-refractivity contribution in [3.8, 4) is 17.2 Å². The molecule has 2 rings (SSSR count). The van der Waals surface area contributed by atoms with Crippen LogP contribution in [-0.2, 0) is 20.9 Å². The van der Waals surface area contributed by atoms with Gasteiger partial charge in [-0.25, -0.2) is 9.59 Å². The topological polar surface area (TPSA) is 80.3 Å². The lowest BCUT2D eigenvalue weighted by atomic mass is 10.2. The van der Waals surface area contributed by atoms with Crippen molar-refractivity contribution in [3.63, 3.8) is 0 Å². The Kier molecular flexibility index (Phi) is 6.84. The van der Waals surface area contributed by atoms with Gasteiger partial charge in [0, 0.05) is 5.56 Å². The van der Waals surface area contributed by atoms with Crippen molar-refractivity contribution < 1.29 is 33.3 Å². The van der Waals surface area contributed by atoms with E-state index in [2.05, 4.69) is 4.74 Å². The summed E-state index contributed by atoms with van der Waals surface area (Å²) >= 11 is 0. The highest BCUT2D eigenvalue weighted by Crippen LogP contribution is 2.28. The minimum Gasteiger partial charge on any atom is -0.496 e. The van der Waals surface area contributed by atoms with Crippen LogP contribution in [-0.4, -0.2) is 39.9 Å². The molecule has 0 spiro atoms. The zero-order valence-electron chi connectivity index (χ0n) is 14.8. The summed E-state index contributed by atoms with van der Waals surface area (Å²) in [6.07, 6.45) is 0. The molecule has 0 saturated carbocycles. The number of rotatable bonds is 8. The summed E-state index contributed by atoms with van der Waals surface area (Å²) in [4.78, 5) is 23.5. The summed E-state index contributed by atoms with van der Waals surface area (Å²) < 4.78 is 25.6. The molecule has 0 N–H and O–H groups in total. The first-order valence-corrected chi connectivity index (χ1v) is 7.75. The highest BCUT2D eigenvalue weighted by molar-refractivity contribution is 5.90. The van der Waals surface area contributed by atoms with Crippen LogP contribution in [0.2, 0.25) is 0 Å². The van der Waals surface area contributed by atoms with Crippen LogP contribution in [0.25, 0.3) is 0 Å². The number of hydrogen-bond donors (Lipinski definition) is 0. The molecule has 0 unspecified atom stereocenters. The van der Waals surface area contributed by atoms with Crippen LogP contribution in [0.3, 0.4) is 0 Å². The Morgan fingerprint density at radius 1 is 0.885 bits per heavy atom. The number of carbonyl (C=O) groups excluding carboxylic acids is 2. The normalized spacial score (nSPS) is 9.96. The van der Waals surface area contributed by atoms with E-state index >= 15 is 0 Å². The summed E-state index contributed by atoms with van der Waals surface area (Å²) in [5.74, 6) is 0.176. The molecular weight excluding hydrogens is 340 g/mol. The maximum Gasteiger partial charge on any atom is 0.343 e. The third kappa shape index (κ3) is 4.89. The molecule has 2 aromatic carbocycles. The van der Waals surface area contributed by atoms with E-state index in [0.29, 0.717) is 11.5 Å². The standard InChI is InChI=1S/C19H20O7/c1-22-15-7-5-4-6-14(15)11-26-19(21)13-8-9-16(23-2)17(10-13)25-12-18(20)24-3/h4-10H,11-12H2,1-3H3. The molecule has 26 heavy (non-hydrogen) atoms. The monoisotopic (exact) mass is 360 g/mol. The second-order valence-corrected chi connectivity index (χ2v) is 5.12. The number of para-hydroxylation sites is 1. The highest BCUT2D eigenvalue weighted by Gasteiger charge is 2.14. The van der Waals surface area contributed by atoms with Crippen molar-refractivity contribution in [2.24, 2.45) is 0 Å². The molecule has 2 aromatic rings. The van der Waals surface area contributed by atoms with Crippen molar-refractivity contribution in [3.05, 3.63) is 53.6 Å². The molecule has 7 heteroatoms. The lowest BCUT2D eigenvalue weighted by Crippen LogP contribution is -2.13. The molecule has 0 aromatic heterocycles. The van der Waals surface area contributed by atoms with E-state index in [1.165, 1.54) is 20.3 Å². The quantitative estimate of drug-likeness (QED) is 0.669. The Morgan fingerprint density at radius 2 is 1.62 bits per heavy atom. The minimum absolute atomic E-state index is 0.0627. The van der Waals surface area contributed by atoms with E-state index in [1.54, 1.807) is 25.3 Å². The van der Waals surface area contributed by atoms with Crippen LogP contribution >= 0.6 is 0 Å². The first-order chi connectivity index (χ1) is 12.6. The smallest absolute Gasteiger partial charge is 0.343 e. The van der Waals surface area contributed by atoms with Gasteiger partial charge in [0.1, 0.15) is 12.4 Å². The Morgan fingerprint density at radius 3 is 2.31 bits per heavy atom. The summed E-state index contributed by atoms with van der Waals surface area (Å²) in [7, 11) is 4.27. The highest BCUT2D eigenvalue weighted by atomic mass is 16.6. The zero-order chi connectivity index (χ0) is 18.9. The first kappa shape index (κ1) is 19.1. The number of carbonyl (C=O) groups is 2. The van der Waals surface area contributed by atoms with Crippen molar-refractivity contribution in [2.75, 3.05) is 27.9 Å². The fourth-order valence-electron chi connectivity index (χ4n) is 2.16. The van der Waals surface area contributed by atoms with Gasteiger partial charge in [0.2, 0.25) is 0 Å². The zero-order valence-corrected chi connectivity index (χ0v) is 14.8. The maximum atomic E-state index is 12.3. The maximum absolute atomic E-state index is 12.3. The van der Waals surface area contributed by atoms with Crippen molar-refractivity contribution in [2.45, 2.75) is 6.61 Å². The molecule has 138 valence electrons. The van der Waals surface area contributed by atoms with Crippen LogP contribution in [0.15, 0.2) is 42.5 Å². The van der Waals surface area contributed by atoms with Crippen molar-refractivity contribution in [1.82, 2.24) is 0 Å². The minimum atomic E-state index is -0.545. The average Bonchev–Trinajstić information content (AvgIpc) is 2.69. The van der Waals surface area contributed by atoms with Crippen molar-refractivity contribution in [1.29, 1.82) is 0 Å². The summed E-state index contributed by atoms with van der Waals surface area (Å²) in [6.45, 7) is -0.236. The van der Waals surface area contributed by atoms with Crippen LogP contribution < -0.4 is 14.2 Å². The molecule has 0 fully saturated rings. The Hall–Kier alpha value is -3.22. The average molecular weight is 360 g/mol. The lowest BCUT2D eigenvalue weighted by molar-refractivity contribution is -0.142. The summed E-state index contributed by atoms with van der Waals surface area (Å²) in [5, 5.41) is 0. The molecule has 0 bridgehead atoms. The molecular formula is C19H20O7. The van der Waals surface area contributed by atoms with Gasteiger partial charge in [-0.15, -0.1) is 0 Å². The van der Waals surface area contributed by atoms with Gasteiger partial charge in [-0.3, -0.25) is 0 Å². The van der Waals surface area contributed by atoms with E-state index in [4.69, 9.17) is 18.9 Å². The van der Waals surface area contributed by atoms with E-state index in [9.17, 15) is 9.59 Å². The number of methoxy groups -OCH3 is 3. The summed E-state index contributed by atoms with van der Waals surface area (Å²) in [5.41, 5.74) is 1.01. The fourth-order valence-corrected chi connectivity index (χ4v) is 2.16. The van der Waals surface area contributed by atoms with E-state index in [1.807, 2.05) is 18.2 Å². The SMILES string of the molecule is COC(=O)COc1cc(C(=O)OCc2ccccc2OC)ccc1OC. The molecule has 0 saturated heterocycles.